The third kappa shape index (κ3) is 2.50. The Labute approximate surface area is 114 Å². The summed E-state index contributed by atoms with van der Waals surface area (Å²) < 4.78 is 0. The topological polar surface area (TPSA) is 101 Å². The Morgan fingerprint density at radius 1 is 1.58 bits per heavy atom. The molecule has 0 saturated heterocycles. The van der Waals surface area contributed by atoms with E-state index < -0.39 is 0 Å². The third-order valence-electron chi connectivity index (χ3n) is 2.88. The van der Waals surface area contributed by atoms with Gasteiger partial charge in [-0.05, 0) is 13.0 Å². The molecule has 2 aromatic heterocycles. The van der Waals surface area contributed by atoms with Crippen LogP contribution in [0.3, 0.4) is 0 Å². The van der Waals surface area contributed by atoms with Gasteiger partial charge in [-0.3, -0.25) is 9.89 Å². The van der Waals surface area contributed by atoms with Crippen LogP contribution in [0.15, 0.2) is 18.6 Å². The molecule has 0 aromatic carbocycles. The molecule has 3 N–H and O–H groups in total. The normalized spacial score (nSPS) is 12.2. The number of halogens is 1. The largest absolute Gasteiger partial charge is 0.381 e. The quantitative estimate of drug-likeness (QED) is 0.882. The Balaban J connectivity index is 2.22. The van der Waals surface area contributed by atoms with E-state index in [1.807, 2.05) is 6.92 Å². The number of amides is 1. The molecule has 2 aromatic rings. The van der Waals surface area contributed by atoms with Crippen molar-refractivity contribution in [2.75, 3.05) is 12.8 Å². The first-order chi connectivity index (χ1) is 9.02. The van der Waals surface area contributed by atoms with E-state index in [0.717, 1.165) is 5.69 Å². The molecular formula is C11H13ClN6O. The van der Waals surface area contributed by atoms with Crippen LogP contribution in [0, 0.1) is 0 Å². The van der Waals surface area contributed by atoms with Crippen molar-refractivity contribution < 1.29 is 4.79 Å². The SMILES string of the molecule is CC(c1ccncn1)N(C)C(=O)c1[nH]nc(N)c1Cl. The van der Waals surface area contributed by atoms with Crippen molar-refractivity contribution in [2.45, 2.75) is 13.0 Å². The van der Waals surface area contributed by atoms with Crippen molar-refractivity contribution in [3.63, 3.8) is 0 Å². The first-order valence-corrected chi connectivity index (χ1v) is 5.92. The van der Waals surface area contributed by atoms with Gasteiger partial charge in [-0.2, -0.15) is 5.10 Å². The molecule has 0 aliphatic rings. The lowest BCUT2D eigenvalue weighted by Crippen LogP contribution is -2.30. The molecule has 0 bridgehead atoms. The maximum atomic E-state index is 12.3. The fourth-order valence-electron chi connectivity index (χ4n) is 1.58. The van der Waals surface area contributed by atoms with Crippen LogP contribution in [-0.2, 0) is 0 Å². The molecule has 0 saturated carbocycles. The van der Waals surface area contributed by atoms with Crippen LogP contribution in [0.2, 0.25) is 5.02 Å². The smallest absolute Gasteiger partial charge is 0.273 e. The van der Waals surface area contributed by atoms with Crippen molar-refractivity contribution in [1.82, 2.24) is 25.1 Å². The number of anilines is 1. The van der Waals surface area contributed by atoms with Gasteiger partial charge in [0.1, 0.15) is 17.0 Å². The van der Waals surface area contributed by atoms with Gasteiger partial charge in [0.05, 0.1) is 11.7 Å². The highest BCUT2D eigenvalue weighted by molar-refractivity contribution is 6.35. The molecular weight excluding hydrogens is 268 g/mol. The lowest BCUT2D eigenvalue weighted by atomic mass is 10.2. The number of carbonyl (C=O) groups is 1. The molecule has 2 heterocycles. The lowest BCUT2D eigenvalue weighted by Gasteiger charge is -2.23. The molecule has 0 aliphatic heterocycles. The molecule has 7 nitrogen and oxygen atoms in total. The minimum absolute atomic E-state index is 0.105. The molecule has 1 atom stereocenters. The van der Waals surface area contributed by atoms with Gasteiger partial charge >= 0.3 is 0 Å². The molecule has 1 amide bonds. The first kappa shape index (κ1) is 13.3. The van der Waals surface area contributed by atoms with Crippen molar-refractivity contribution in [3.05, 3.63) is 35.0 Å². The second-order valence-electron chi connectivity index (χ2n) is 4.02. The highest BCUT2D eigenvalue weighted by Gasteiger charge is 2.24. The Bertz CT molecular complexity index is 584. The van der Waals surface area contributed by atoms with Crippen molar-refractivity contribution in [2.24, 2.45) is 0 Å². The third-order valence-corrected chi connectivity index (χ3v) is 3.26. The van der Waals surface area contributed by atoms with Gasteiger partial charge in [0, 0.05) is 13.2 Å². The van der Waals surface area contributed by atoms with E-state index in [0.29, 0.717) is 0 Å². The van der Waals surface area contributed by atoms with Crippen LogP contribution in [0.25, 0.3) is 0 Å². The van der Waals surface area contributed by atoms with E-state index in [4.69, 9.17) is 17.3 Å². The van der Waals surface area contributed by atoms with Crippen LogP contribution >= 0.6 is 11.6 Å². The summed E-state index contributed by atoms with van der Waals surface area (Å²) in [5, 5.41) is 6.36. The minimum Gasteiger partial charge on any atom is -0.381 e. The second-order valence-corrected chi connectivity index (χ2v) is 4.40. The molecule has 0 radical (unpaired) electrons. The summed E-state index contributed by atoms with van der Waals surface area (Å²) in [5.74, 6) is -0.201. The number of aromatic amines is 1. The summed E-state index contributed by atoms with van der Waals surface area (Å²) in [5.41, 5.74) is 6.40. The zero-order valence-corrected chi connectivity index (χ0v) is 11.2. The highest BCUT2D eigenvalue weighted by atomic mass is 35.5. The van der Waals surface area contributed by atoms with E-state index >= 15 is 0 Å². The van der Waals surface area contributed by atoms with E-state index in [1.54, 1.807) is 19.3 Å². The number of H-pyrrole nitrogens is 1. The van der Waals surface area contributed by atoms with Crippen molar-refractivity contribution in [1.29, 1.82) is 0 Å². The predicted octanol–water partition coefficient (Wildman–Crippen LogP) is 1.27. The van der Waals surface area contributed by atoms with Gasteiger partial charge in [0.25, 0.3) is 5.91 Å². The second kappa shape index (κ2) is 5.23. The Kier molecular flexibility index (Phi) is 3.66. The van der Waals surface area contributed by atoms with Gasteiger partial charge in [-0.1, -0.05) is 11.6 Å². The van der Waals surface area contributed by atoms with Gasteiger partial charge in [-0.15, -0.1) is 0 Å². The van der Waals surface area contributed by atoms with Crippen molar-refractivity contribution in [3.8, 4) is 0 Å². The first-order valence-electron chi connectivity index (χ1n) is 5.54. The summed E-state index contributed by atoms with van der Waals surface area (Å²) in [6, 6.07) is 1.52. The number of rotatable bonds is 3. The molecule has 19 heavy (non-hydrogen) atoms. The maximum absolute atomic E-state index is 12.3. The van der Waals surface area contributed by atoms with Crippen LogP contribution in [0.5, 0.6) is 0 Å². The van der Waals surface area contributed by atoms with E-state index in [2.05, 4.69) is 20.2 Å². The Morgan fingerprint density at radius 3 is 2.84 bits per heavy atom. The number of nitrogen functional groups attached to an aromatic ring is 1. The Hall–Kier alpha value is -2.15. The number of nitrogens with zero attached hydrogens (tertiary/aromatic N) is 4. The monoisotopic (exact) mass is 280 g/mol. The summed E-state index contributed by atoms with van der Waals surface area (Å²) in [7, 11) is 1.66. The number of carbonyl (C=O) groups excluding carboxylic acids is 1. The number of aromatic nitrogens is 4. The predicted molar refractivity (Wildman–Crippen MR) is 70.6 cm³/mol. The van der Waals surface area contributed by atoms with Crippen LogP contribution in [-0.4, -0.2) is 38.0 Å². The standard InChI is InChI=1S/C11H13ClN6O/c1-6(7-3-4-14-5-15-7)18(2)11(19)9-8(12)10(13)17-16-9/h3-6H,1-2H3,(H3,13,16,17). The number of hydrogen-bond acceptors (Lipinski definition) is 5. The van der Waals surface area contributed by atoms with Crippen LogP contribution in [0.4, 0.5) is 5.82 Å². The van der Waals surface area contributed by atoms with Gasteiger partial charge in [-0.25, -0.2) is 9.97 Å². The molecule has 0 aliphatic carbocycles. The van der Waals surface area contributed by atoms with Crippen LogP contribution < -0.4 is 5.73 Å². The van der Waals surface area contributed by atoms with Crippen molar-refractivity contribution >= 4 is 23.3 Å². The van der Waals surface area contributed by atoms with Crippen LogP contribution in [0.1, 0.15) is 29.1 Å². The molecule has 8 heteroatoms. The van der Waals surface area contributed by atoms with Gasteiger partial charge < -0.3 is 10.6 Å². The highest BCUT2D eigenvalue weighted by Crippen LogP contribution is 2.24. The summed E-state index contributed by atoms with van der Waals surface area (Å²) in [6.07, 6.45) is 3.06. The Morgan fingerprint density at radius 2 is 2.32 bits per heavy atom. The fourth-order valence-corrected chi connectivity index (χ4v) is 1.75. The molecule has 0 spiro atoms. The van der Waals surface area contributed by atoms with E-state index in [9.17, 15) is 4.79 Å². The minimum atomic E-state index is -0.305. The molecule has 1 unspecified atom stereocenters. The van der Waals surface area contributed by atoms with E-state index in [-0.39, 0.29) is 28.5 Å². The fraction of sp³-hybridized carbons (Fsp3) is 0.273. The number of hydrogen-bond donors (Lipinski definition) is 2. The average molecular weight is 281 g/mol. The molecule has 100 valence electrons. The van der Waals surface area contributed by atoms with Gasteiger partial charge in [0.2, 0.25) is 0 Å². The number of nitrogens with one attached hydrogen (secondary N) is 1. The summed E-state index contributed by atoms with van der Waals surface area (Å²) >= 11 is 5.91. The molecule has 2 rings (SSSR count). The average Bonchev–Trinajstić information content (AvgIpc) is 2.77. The number of nitrogens with two attached hydrogens (primary N) is 1. The van der Waals surface area contributed by atoms with E-state index in [1.165, 1.54) is 11.2 Å². The lowest BCUT2D eigenvalue weighted by molar-refractivity contribution is 0.0734. The summed E-state index contributed by atoms with van der Waals surface area (Å²) in [6.45, 7) is 1.86. The molecule has 0 fully saturated rings. The zero-order valence-electron chi connectivity index (χ0n) is 10.5. The van der Waals surface area contributed by atoms with Gasteiger partial charge in [0.15, 0.2) is 5.82 Å². The summed E-state index contributed by atoms with van der Waals surface area (Å²) in [4.78, 5) is 21.7. The maximum Gasteiger partial charge on any atom is 0.273 e. The zero-order chi connectivity index (χ0) is 14.0.